The van der Waals surface area contributed by atoms with Crippen LogP contribution in [0.3, 0.4) is 0 Å². The van der Waals surface area contributed by atoms with Crippen molar-refractivity contribution in [2.24, 2.45) is 0 Å². The molecule has 2 heterocycles. The summed E-state index contributed by atoms with van der Waals surface area (Å²) in [6.07, 6.45) is 2.10. The molecule has 0 saturated carbocycles. The highest BCUT2D eigenvalue weighted by molar-refractivity contribution is 6.34. The number of ether oxygens (including phenoxy) is 2. The quantitative estimate of drug-likeness (QED) is 0.341. The fraction of sp³-hybridized carbons (Fsp3) is 0.467. The van der Waals surface area contributed by atoms with Gasteiger partial charge in [-0.1, -0.05) is 11.6 Å². The molecule has 0 atom stereocenters. The molecule has 8 nitrogen and oxygen atoms in total. The lowest BCUT2D eigenvalue weighted by molar-refractivity contribution is -0.385. The summed E-state index contributed by atoms with van der Waals surface area (Å²) in [5.74, 6) is 0.198. The van der Waals surface area contributed by atoms with Gasteiger partial charge >= 0.3 is 5.69 Å². The van der Waals surface area contributed by atoms with E-state index in [1.807, 2.05) is 0 Å². The van der Waals surface area contributed by atoms with Gasteiger partial charge in [0.05, 0.1) is 30.3 Å². The van der Waals surface area contributed by atoms with Crippen LogP contribution in [-0.4, -0.2) is 59.2 Å². The smallest absolute Gasteiger partial charge is 0.311 e. The van der Waals surface area contributed by atoms with Crippen LogP contribution in [0, 0.1) is 10.1 Å². The number of fused-ring (bicyclic) bond motifs is 1. The van der Waals surface area contributed by atoms with Crippen LogP contribution in [-0.2, 0) is 4.74 Å². The second kappa shape index (κ2) is 7.69. The predicted octanol–water partition coefficient (Wildman–Crippen LogP) is 2.29. The van der Waals surface area contributed by atoms with E-state index in [1.165, 1.54) is 18.5 Å². The summed E-state index contributed by atoms with van der Waals surface area (Å²) in [6, 6.07) is 2.89. The lowest BCUT2D eigenvalue weighted by atomic mass is 10.2. The topological polar surface area (TPSA) is 90.6 Å². The third kappa shape index (κ3) is 3.89. The van der Waals surface area contributed by atoms with Gasteiger partial charge in [-0.25, -0.2) is 9.97 Å². The van der Waals surface area contributed by atoms with Crippen LogP contribution in [0.1, 0.15) is 6.42 Å². The van der Waals surface area contributed by atoms with Crippen LogP contribution in [0.2, 0.25) is 5.15 Å². The first-order valence-corrected chi connectivity index (χ1v) is 8.04. The van der Waals surface area contributed by atoms with Crippen molar-refractivity contribution in [1.29, 1.82) is 0 Å². The molecule has 0 N–H and O–H groups in total. The molecule has 1 aromatic heterocycles. The maximum absolute atomic E-state index is 11.3. The number of benzene rings is 1. The molecule has 0 amide bonds. The van der Waals surface area contributed by atoms with Crippen molar-refractivity contribution >= 4 is 28.2 Å². The van der Waals surface area contributed by atoms with E-state index in [1.54, 1.807) is 0 Å². The number of rotatable bonds is 6. The molecule has 0 bridgehead atoms. The van der Waals surface area contributed by atoms with Gasteiger partial charge in [0, 0.05) is 37.2 Å². The first-order valence-electron chi connectivity index (χ1n) is 7.66. The van der Waals surface area contributed by atoms with Gasteiger partial charge in [-0.3, -0.25) is 15.0 Å². The minimum Gasteiger partial charge on any atom is -0.487 e. The minimum absolute atomic E-state index is 0.134. The Balaban J connectivity index is 1.68. The normalized spacial score (nSPS) is 15.5. The van der Waals surface area contributed by atoms with E-state index in [-0.39, 0.29) is 16.6 Å². The third-order valence-corrected chi connectivity index (χ3v) is 4.15. The van der Waals surface area contributed by atoms with Crippen LogP contribution < -0.4 is 4.74 Å². The Hall–Kier alpha value is -2.03. The zero-order chi connectivity index (χ0) is 16.9. The summed E-state index contributed by atoms with van der Waals surface area (Å²) < 4.78 is 10.9. The van der Waals surface area contributed by atoms with Crippen LogP contribution in [0.25, 0.3) is 10.9 Å². The number of hydrogen-bond donors (Lipinski definition) is 0. The van der Waals surface area contributed by atoms with Gasteiger partial charge in [0.25, 0.3) is 0 Å². The Labute approximate surface area is 143 Å². The molecule has 2 aromatic rings. The molecule has 1 aliphatic rings. The zero-order valence-corrected chi connectivity index (χ0v) is 13.7. The number of nitrogens with zero attached hydrogens (tertiary/aromatic N) is 4. The summed E-state index contributed by atoms with van der Waals surface area (Å²) in [6.45, 7) is 4.58. The first-order chi connectivity index (χ1) is 11.6. The summed E-state index contributed by atoms with van der Waals surface area (Å²) in [7, 11) is 0. The molecular weight excluding hydrogens is 336 g/mol. The summed E-state index contributed by atoms with van der Waals surface area (Å²) in [4.78, 5) is 21.0. The maximum atomic E-state index is 11.3. The Morgan fingerprint density at radius 2 is 2.12 bits per heavy atom. The van der Waals surface area contributed by atoms with Gasteiger partial charge in [-0.05, 0) is 6.42 Å². The van der Waals surface area contributed by atoms with Crippen LogP contribution in [0.5, 0.6) is 5.75 Å². The summed E-state index contributed by atoms with van der Waals surface area (Å²) >= 11 is 5.97. The first kappa shape index (κ1) is 16.8. The Morgan fingerprint density at radius 1 is 1.33 bits per heavy atom. The molecule has 128 valence electrons. The molecular formula is C15H17ClN4O4. The standard InChI is InChI=1S/C15H17ClN4O4/c16-15-11-8-13(20(21)22)14(9-12(11)17-10-18-15)24-5-1-2-19-3-6-23-7-4-19/h8-10H,1-7H2. The van der Waals surface area contributed by atoms with Gasteiger partial charge in [-0.15, -0.1) is 0 Å². The molecule has 0 aliphatic carbocycles. The van der Waals surface area contributed by atoms with Gasteiger partial charge in [0.1, 0.15) is 11.5 Å². The molecule has 1 fully saturated rings. The molecule has 1 aromatic carbocycles. The fourth-order valence-corrected chi connectivity index (χ4v) is 2.79. The zero-order valence-electron chi connectivity index (χ0n) is 13.0. The van der Waals surface area contributed by atoms with E-state index in [9.17, 15) is 10.1 Å². The van der Waals surface area contributed by atoms with E-state index in [4.69, 9.17) is 21.1 Å². The Bertz CT molecular complexity index is 737. The van der Waals surface area contributed by atoms with Crippen molar-refractivity contribution in [1.82, 2.24) is 14.9 Å². The lowest BCUT2D eigenvalue weighted by Crippen LogP contribution is -2.37. The van der Waals surface area contributed by atoms with E-state index in [2.05, 4.69) is 14.9 Å². The Kier molecular flexibility index (Phi) is 5.39. The molecule has 9 heteroatoms. The van der Waals surface area contributed by atoms with Crippen molar-refractivity contribution in [3.63, 3.8) is 0 Å². The highest BCUT2D eigenvalue weighted by Gasteiger charge is 2.19. The summed E-state index contributed by atoms with van der Waals surface area (Å²) in [5, 5.41) is 11.9. The number of halogens is 1. The van der Waals surface area contributed by atoms with Gasteiger partial charge in [0.15, 0.2) is 5.75 Å². The number of morpholine rings is 1. The molecule has 0 spiro atoms. The van der Waals surface area contributed by atoms with E-state index in [0.29, 0.717) is 17.5 Å². The number of aromatic nitrogens is 2. The van der Waals surface area contributed by atoms with Crippen molar-refractivity contribution in [2.45, 2.75) is 6.42 Å². The molecule has 0 radical (unpaired) electrons. The average Bonchev–Trinajstić information content (AvgIpc) is 2.59. The maximum Gasteiger partial charge on any atom is 0.311 e. The highest BCUT2D eigenvalue weighted by Crippen LogP contribution is 2.33. The van der Waals surface area contributed by atoms with Crippen LogP contribution in [0.4, 0.5) is 5.69 Å². The molecule has 0 unspecified atom stereocenters. The third-order valence-electron chi connectivity index (χ3n) is 3.84. The van der Waals surface area contributed by atoms with Crippen molar-refractivity contribution < 1.29 is 14.4 Å². The molecule has 1 saturated heterocycles. The van der Waals surface area contributed by atoms with Gasteiger partial charge in [0.2, 0.25) is 0 Å². The summed E-state index contributed by atoms with van der Waals surface area (Å²) in [5.41, 5.74) is 0.384. The highest BCUT2D eigenvalue weighted by atomic mass is 35.5. The van der Waals surface area contributed by atoms with E-state index in [0.717, 1.165) is 39.3 Å². The SMILES string of the molecule is O=[N+]([O-])c1cc2c(Cl)ncnc2cc1OCCCN1CCOCC1. The number of nitro benzene ring substituents is 1. The number of hydrogen-bond acceptors (Lipinski definition) is 7. The Morgan fingerprint density at radius 3 is 2.88 bits per heavy atom. The number of nitro groups is 1. The molecule has 3 rings (SSSR count). The molecule has 24 heavy (non-hydrogen) atoms. The molecule has 1 aliphatic heterocycles. The fourth-order valence-electron chi connectivity index (χ4n) is 2.59. The minimum atomic E-state index is -0.486. The van der Waals surface area contributed by atoms with E-state index >= 15 is 0 Å². The second-order valence-electron chi connectivity index (χ2n) is 5.41. The van der Waals surface area contributed by atoms with Gasteiger partial charge in [-0.2, -0.15) is 0 Å². The second-order valence-corrected chi connectivity index (χ2v) is 5.77. The van der Waals surface area contributed by atoms with Crippen LogP contribution in [0.15, 0.2) is 18.5 Å². The predicted molar refractivity (Wildman–Crippen MR) is 88.6 cm³/mol. The van der Waals surface area contributed by atoms with Crippen molar-refractivity contribution in [3.8, 4) is 5.75 Å². The van der Waals surface area contributed by atoms with Gasteiger partial charge < -0.3 is 9.47 Å². The lowest BCUT2D eigenvalue weighted by Gasteiger charge is -2.26. The van der Waals surface area contributed by atoms with E-state index < -0.39 is 4.92 Å². The monoisotopic (exact) mass is 352 g/mol. The largest absolute Gasteiger partial charge is 0.487 e. The van der Waals surface area contributed by atoms with Crippen LogP contribution >= 0.6 is 11.6 Å². The van der Waals surface area contributed by atoms with Crippen molar-refractivity contribution in [2.75, 3.05) is 39.5 Å². The van der Waals surface area contributed by atoms with Crippen molar-refractivity contribution in [3.05, 3.63) is 33.7 Å². The average molecular weight is 353 g/mol.